The first-order valence-electron chi connectivity index (χ1n) is 7.18. The number of nitrogens with one attached hydrogen (secondary N) is 1. The van der Waals surface area contributed by atoms with Gasteiger partial charge in [0, 0.05) is 18.5 Å². The standard InChI is InChI=1S/C18H13FN2O3/c1-11(22)24-16-9-8-15(17-13(16)6-4-10-20-17)21-18(23)12-5-2-3-7-14(12)19/h2-10H,1H3,(H,21,23). The second kappa shape index (κ2) is 6.45. The van der Waals surface area contributed by atoms with E-state index in [-0.39, 0.29) is 5.56 Å². The molecule has 0 radical (unpaired) electrons. The number of benzene rings is 2. The summed E-state index contributed by atoms with van der Waals surface area (Å²) < 4.78 is 18.9. The molecule has 5 nitrogen and oxygen atoms in total. The number of pyridine rings is 1. The van der Waals surface area contributed by atoms with Crippen LogP contribution in [0.15, 0.2) is 54.7 Å². The smallest absolute Gasteiger partial charge is 0.308 e. The molecule has 1 aromatic heterocycles. The van der Waals surface area contributed by atoms with Gasteiger partial charge in [0.15, 0.2) is 0 Å². The summed E-state index contributed by atoms with van der Waals surface area (Å²) >= 11 is 0. The minimum absolute atomic E-state index is 0.0642. The lowest BCUT2D eigenvalue weighted by Gasteiger charge is -2.11. The lowest BCUT2D eigenvalue weighted by atomic mass is 10.1. The maximum absolute atomic E-state index is 13.7. The molecule has 0 bridgehead atoms. The molecule has 1 heterocycles. The number of hydrogen-bond donors (Lipinski definition) is 1. The third-order valence-corrected chi connectivity index (χ3v) is 3.35. The van der Waals surface area contributed by atoms with Crippen molar-refractivity contribution in [2.75, 3.05) is 5.32 Å². The van der Waals surface area contributed by atoms with E-state index in [2.05, 4.69) is 10.3 Å². The molecule has 0 spiro atoms. The first kappa shape index (κ1) is 15.6. The van der Waals surface area contributed by atoms with Crippen molar-refractivity contribution in [3.8, 4) is 5.75 Å². The molecule has 0 unspecified atom stereocenters. The summed E-state index contributed by atoms with van der Waals surface area (Å²) in [5.74, 6) is -1.30. The number of fused-ring (bicyclic) bond motifs is 1. The summed E-state index contributed by atoms with van der Waals surface area (Å²) in [6.45, 7) is 1.30. The second-order valence-electron chi connectivity index (χ2n) is 5.04. The van der Waals surface area contributed by atoms with Gasteiger partial charge in [-0.05, 0) is 36.4 Å². The van der Waals surface area contributed by atoms with E-state index in [0.29, 0.717) is 22.3 Å². The zero-order valence-corrected chi connectivity index (χ0v) is 12.7. The van der Waals surface area contributed by atoms with Crippen molar-refractivity contribution in [2.24, 2.45) is 0 Å². The van der Waals surface area contributed by atoms with Crippen molar-refractivity contribution in [2.45, 2.75) is 6.92 Å². The Kier molecular flexibility index (Phi) is 4.20. The van der Waals surface area contributed by atoms with E-state index in [1.54, 1.807) is 36.5 Å². The van der Waals surface area contributed by atoms with Crippen LogP contribution in [-0.4, -0.2) is 16.9 Å². The van der Waals surface area contributed by atoms with Gasteiger partial charge in [0.2, 0.25) is 0 Å². The molecule has 0 saturated heterocycles. The Morgan fingerprint density at radius 2 is 1.88 bits per heavy atom. The van der Waals surface area contributed by atoms with Gasteiger partial charge >= 0.3 is 5.97 Å². The maximum Gasteiger partial charge on any atom is 0.308 e. The fourth-order valence-electron chi connectivity index (χ4n) is 2.33. The average molecular weight is 324 g/mol. The Morgan fingerprint density at radius 1 is 1.08 bits per heavy atom. The van der Waals surface area contributed by atoms with Crippen molar-refractivity contribution < 1.29 is 18.7 Å². The summed E-state index contributed by atoms with van der Waals surface area (Å²) in [4.78, 5) is 27.7. The van der Waals surface area contributed by atoms with Crippen LogP contribution in [0.2, 0.25) is 0 Å². The molecule has 120 valence electrons. The highest BCUT2D eigenvalue weighted by Gasteiger charge is 2.15. The van der Waals surface area contributed by atoms with Crippen molar-refractivity contribution in [1.29, 1.82) is 0 Å². The quantitative estimate of drug-likeness (QED) is 0.591. The highest BCUT2D eigenvalue weighted by molar-refractivity contribution is 6.09. The number of rotatable bonds is 3. The van der Waals surface area contributed by atoms with Crippen LogP contribution >= 0.6 is 0 Å². The van der Waals surface area contributed by atoms with Crippen LogP contribution in [0.4, 0.5) is 10.1 Å². The predicted molar refractivity (Wildman–Crippen MR) is 87.4 cm³/mol. The second-order valence-corrected chi connectivity index (χ2v) is 5.04. The molecule has 0 atom stereocenters. The van der Waals surface area contributed by atoms with Crippen molar-refractivity contribution >= 4 is 28.5 Å². The molecule has 0 aliphatic carbocycles. The van der Waals surface area contributed by atoms with E-state index in [4.69, 9.17) is 4.74 Å². The number of ether oxygens (including phenoxy) is 1. The number of amides is 1. The fraction of sp³-hybridized carbons (Fsp3) is 0.0556. The van der Waals surface area contributed by atoms with E-state index in [0.717, 1.165) is 0 Å². The molecule has 0 fully saturated rings. The molecule has 0 aliphatic heterocycles. The van der Waals surface area contributed by atoms with E-state index in [1.165, 1.54) is 25.1 Å². The molecule has 3 aromatic rings. The van der Waals surface area contributed by atoms with Crippen LogP contribution in [0.3, 0.4) is 0 Å². The van der Waals surface area contributed by atoms with Crippen molar-refractivity contribution in [3.63, 3.8) is 0 Å². The Labute approximate surface area is 137 Å². The summed E-state index contributed by atoms with van der Waals surface area (Å²) in [7, 11) is 0. The van der Waals surface area contributed by atoms with E-state index >= 15 is 0 Å². The Balaban J connectivity index is 2.00. The molecule has 0 aliphatic rings. The number of anilines is 1. The zero-order chi connectivity index (χ0) is 17.1. The average Bonchev–Trinajstić information content (AvgIpc) is 2.57. The number of carbonyl (C=O) groups excluding carboxylic acids is 2. The molecule has 0 saturated carbocycles. The van der Waals surface area contributed by atoms with Gasteiger partial charge in [-0.15, -0.1) is 0 Å². The Hall–Kier alpha value is -3.28. The number of halogens is 1. The molecular weight excluding hydrogens is 311 g/mol. The van der Waals surface area contributed by atoms with Crippen LogP contribution in [0.1, 0.15) is 17.3 Å². The van der Waals surface area contributed by atoms with Crippen LogP contribution in [-0.2, 0) is 4.79 Å². The number of aromatic nitrogens is 1. The first-order chi connectivity index (χ1) is 11.6. The summed E-state index contributed by atoms with van der Waals surface area (Å²) in [5.41, 5.74) is 0.779. The molecular formula is C18H13FN2O3. The highest BCUT2D eigenvalue weighted by atomic mass is 19.1. The molecule has 2 aromatic carbocycles. The van der Waals surface area contributed by atoms with Gasteiger partial charge in [-0.25, -0.2) is 4.39 Å². The summed E-state index contributed by atoms with van der Waals surface area (Å²) in [6, 6.07) is 12.2. The molecule has 3 rings (SSSR count). The van der Waals surface area contributed by atoms with Gasteiger partial charge in [-0.2, -0.15) is 0 Å². The van der Waals surface area contributed by atoms with Crippen LogP contribution in [0, 0.1) is 5.82 Å². The SMILES string of the molecule is CC(=O)Oc1ccc(NC(=O)c2ccccc2F)c2ncccc12. The number of esters is 1. The van der Waals surface area contributed by atoms with E-state index in [9.17, 15) is 14.0 Å². The van der Waals surface area contributed by atoms with Crippen LogP contribution in [0.5, 0.6) is 5.75 Å². The largest absolute Gasteiger partial charge is 0.426 e. The number of hydrogen-bond acceptors (Lipinski definition) is 4. The molecule has 24 heavy (non-hydrogen) atoms. The summed E-state index contributed by atoms with van der Waals surface area (Å²) in [6.07, 6.45) is 1.55. The normalized spacial score (nSPS) is 10.4. The Morgan fingerprint density at radius 3 is 2.62 bits per heavy atom. The highest BCUT2D eigenvalue weighted by Crippen LogP contribution is 2.30. The van der Waals surface area contributed by atoms with Crippen molar-refractivity contribution in [1.82, 2.24) is 4.98 Å². The predicted octanol–water partition coefficient (Wildman–Crippen LogP) is 3.55. The van der Waals surface area contributed by atoms with E-state index in [1.807, 2.05) is 0 Å². The number of nitrogens with zero attached hydrogens (tertiary/aromatic N) is 1. The minimum atomic E-state index is -0.608. The molecule has 1 amide bonds. The van der Waals surface area contributed by atoms with Crippen molar-refractivity contribution in [3.05, 3.63) is 66.1 Å². The van der Waals surface area contributed by atoms with Gasteiger partial charge in [-0.3, -0.25) is 14.6 Å². The minimum Gasteiger partial charge on any atom is -0.426 e. The topological polar surface area (TPSA) is 68.3 Å². The monoisotopic (exact) mass is 324 g/mol. The van der Waals surface area contributed by atoms with Crippen LogP contribution in [0.25, 0.3) is 10.9 Å². The fourth-order valence-corrected chi connectivity index (χ4v) is 2.33. The maximum atomic E-state index is 13.7. The lowest BCUT2D eigenvalue weighted by Crippen LogP contribution is -2.14. The first-order valence-corrected chi connectivity index (χ1v) is 7.18. The zero-order valence-electron chi connectivity index (χ0n) is 12.7. The third kappa shape index (κ3) is 3.08. The number of carbonyl (C=O) groups is 2. The van der Waals surface area contributed by atoms with Gasteiger partial charge in [0.25, 0.3) is 5.91 Å². The lowest BCUT2D eigenvalue weighted by molar-refractivity contribution is -0.131. The van der Waals surface area contributed by atoms with Gasteiger partial charge < -0.3 is 10.1 Å². The molecule has 1 N–H and O–H groups in total. The van der Waals surface area contributed by atoms with Gasteiger partial charge in [0.05, 0.1) is 16.8 Å². The van der Waals surface area contributed by atoms with Crippen LogP contribution < -0.4 is 10.1 Å². The molecule has 6 heteroatoms. The van der Waals surface area contributed by atoms with Gasteiger partial charge in [0.1, 0.15) is 11.6 Å². The van der Waals surface area contributed by atoms with Gasteiger partial charge in [-0.1, -0.05) is 12.1 Å². The van der Waals surface area contributed by atoms with E-state index < -0.39 is 17.7 Å². The summed E-state index contributed by atoms with van der Waals surface area (Å²) in [5, 5.41) is 3.21. The Bertz CT molecular complexity index is 940. The third-order valence-electron chi connectivity index (χ3n) is 3.35.